The highest BCUT2D eigenvalue weighted by Gasteiger charge is 2.21. The molecule has 0 spiro atoms. The van der Waals surface area contributed by atoms with E-state index in [9.17, 15) is 4.79 Å². The minimum Gasteiger partial charge on any atom is -0.463 e. The van der Waals surface area contributed by atoms with Crippen molar-refractivity contribution in [1.29, 1.82) is 0 Å². The number of hydrogen-bond acceptors (Lipinski definition) is 4. The lowest BCUT2D eigenvalue weighted by Crippen LogP contribution is -2.83. The van der Waals surface area contributed by atoms with Gasteiger partial charge in [-0.3, -0.25) is 4.79 Å². The summed E-state index contributed by atoms with van der Waals surface area (Å²) in [5.74, 6) is 1.66. The molecular weight excluding hydrogens is 298 g/mol. The van der Waals surface area contributed by atoms with Crippen molar-refractivity contribution in [3.05, 3.63) is 50.8 Å². The van der Waals surface area contributed by atoms with Crippen molar-refractivity contribution in [2.24, 2.45) is 0 Å². The number of aromatic amines is 1. The van der Waals surface area contributed by atoms with E-state index < -0.39 is 0 Å². The quantitative estimate of drug-likeness (QED) is 0.772. The molecule has 0 aliphatic heterocycles. The lowest BCUT2D eigenvalue weighted by Gasteiger charge is -2.07. The fourth-order valence-corrected chi connectivity index (χ4v) is 4.38. The highest BCUT2D eigenvalue weighted by atomic mass is 32.1. The first-order valence-corrected chi connectivity index (χ1v) is 8.44. The lowest BCUT2D eigenvalue weighted by atomic mass is 10.2. The van der Waals surface area contributed by atoms with Crippen LogP contribution in [-0.4, -0.2) is 9.97 Å². The van der Waals surface area contributed by atoms with E-state index in [1.54, 1.807) is 17.6 Å². The molecule has 22 heavy (non-hydrogen) atoms. The second kappa shape index (κ2) is 5.37. The molecular formula is C16H18N3O2S+. The number of H-pyrrole nitrogens is 1. The number of aryl methyl sites for hydroxylation is 2. The molecule has 3 aromatic heterocycles. The fraction of sp³-hybridized carbons (Fsp3) is 0.375. The van der Waals surface area contributed by atoms with Gasteiger partial charge in [0.2, 0.25) is 0 Å². The number of quaternary nitrogens is 1. The number of nitrogens with zero attached hydrogens (tertiary/aromatic N) is 1. The van der Waals surface area contributed by atoms with Gasteiger partial charge in [-0.15, -0.1) is 11.3 Å². The van der Waals surface area contributed by atoms with E-state index in [0.717, 1.165) is 41.1 Å². The van der Waals surface area contributed by atoms with Crippen LogP contribution in [0.4, 0.5) is 0 Å². The maximum absolute atomic E-state index is 12.4. The Morgan fingerprint density at radius 2 is 2.41 bits per heavy atom. The minimum atomic E-state index is 0.0125. The van der Waals surface area contributed by atoms with Crippen LogP contribution >= 0.6 is 11.3 Å². The Bertz CT molecular complexity index is 864. The van der Waals surface area contributed by atoms with Crippen LogP contribution in [0.1, 0.15) is 41.4 Å². The first kappa shape index (κ1) is 13.7. The molecule has 5 nitrogen and oxygen atoms in total. The van der Waals surface area contributed by atoms with E-state index in [2.05, 4.69) is 22.2 Å². The summed E-state index contributed by atoms with van der Waals surface area (Å²) in [4.78, 5) is 22.2. The van der Waals surface area contributed by atoms with Gasteiger partial charge in [-0.05, 0) is 43.9 Å². The number of fused-ring (bicyclic) bond motifs is 3. The Kier molecular flexibility index (Phi) is 3.35. The molecule has 0 aromatic carbocycles. The van der Waals surface area contributed by atoms with Gasteiger partial charge in [-0.2, -0.15) is 0 Å². The van der Waals surface area contributed by atoms with E-state index >= 15 is 0 Å². The third-order valence-electron chi connectivity index (χ3n) is 4.28. The monoisotopic (exact) mass is 316 g/mol. The standard InChI is InChI=1S/C16H17N3O2S/c1-9(11-5-3-7-21-11)17-8-13-18-15(20)14-10-4-2-6-12(10)22-16(14)19-13/h3,5,7,9,17H,2,4,6,8H2,1H3,(H,18,19,20)/p+1/t9-/m0/s1. The van der Waals surface area contributed by atoms with Crippen LogP contribution in [0, 0.1) is 0 Å². The number of nitrogens with two attached hydrogens (primary N) is 1. The van der Waals surface area contributed by atoms with Crippen molar-refractivity contribution in [1.82, 2.24) is 9.97 Å². The highest BCUT2D eigenvalue weighted by Crippen LogP contribution is 2.34. The van der Waals surface area contributed by atoms with Crippen molar-refractivity contribution in [2.45, 2.75) is 38.8 Å². The molecule has 114 valence electrons. The molecule has 1 aliphatic carbocycles. The van der Waals surface area contributed by atoms with Gasteiger partial charge in [0.05, 0.1) is 11.6 Å². The molecule has 0 saturated carbocycles. The Labute approximate surface area is 131 Å². The van der Waals surface area contributed by atoms with E-state index in [4.69, 9.17) is 4.42 Å². The average Bonchev–Trinajstić information content (AvgIpc) is 3.20. The summed E-state index contributed by atoms with van der Waals surface area (Å²) in [5.41, 5.74) is 1.24. The van der Waals surface area contributed by atoms with Crippen molar-refractivity contribution >= 4 is 21.6 Å². The zero-order valence-electron chi connectivity index (χ0n) is 12.4. The summed E-state index contributed by atoms with van der Waals surface area (Å²) in [6.45, 7) is 2.71. The Hall–Kier alpha value is -1.92. The molecule has 3 N–H and O–H groups in total. The average molecular weight is 316 g/mol. The number of rotatable bonds is 4. The molecule has 1 atom stereocenters. The van der Waals surface area contributed by atoms with Crippen molar-refractivity contribution < 1.29 is 9.73 Å². The predicted molar refractivity (Wildman–Crippen MR) is 85.0 cm³/mol. The molecule has 0 unspecified atom stereocenters. The highest BCUT2D eigenvalue weighted by molar-refractivity contribution is 7.18. The van der Waals surface area contributed by atoms with Crippen LogP contribution < -0.4 is 10.9 Å². The summed E-state index contributed by atoms with van der Waals surface area (Å²) >= 11 is 1.68. The Morgan fingerprint density at radius 3 is 3.23 bits per heavy atom. The van der Waals surface area contributed by atoms with Gasteiger partial charge in [-0.1, -0.05) is 0 Å². The predicted octanol–water partition coefficient (Wildman–Crippen LogP) is 1.89. The van der Waals surface area contributed by atoms with Gasteiger partial charge in [0.25, 0.3) is 5.56 Å². The van der Waals surface area contributed by atoms with Gasteiger partial charge in [0.15, 0.2) is 11.6 Å². The molecule has 0 saturated heterocycles. The first-order chi connectivity index (χ1) is 10.7. The van der Waals surface area contributed by atoms with Crippen molar-refractivity contribution in [3.8, 4) is 0 Å². The lowest BCUT2D eigenvalue weighted by molar-refractivity contribution is -0.710. The summed E-state index contributed by atoms with van der Waals surface area (Å²) in [7, 11) is 0. The van der Waals surface area contributed by atoms with Crippen LogP contribution in [0.2, 0.25) is 0 Å². The molecule has 1 aliphatic rings. The van der Waals surface area contributed by atoms with Crippen LogP contribution in [-0.2, 0) is 19.4 Å². The maximum atomic E-state index is 12.4. The number of nitrogens with one attached hydrogen (secondary N) is 1. The second-order valence-electron chi connectivity index (χ2n) is 5.79. The van der Waals surface area contributed by atoms with Gasteiger partial charge >= 0.3 is 0 Å². The smallest absolute Gasteiger partial charge is 0.260 e. The Morgan fingerprint density at radius 1 is 1.50 bits per heavy atom. The molecule has 4 rings (SSSR count). The molecule has 3 aromatic rings. The number of thiophene rings is 1. The van der Waals surface area contributed by atoms with E-state index in [-0.39, 0.29) is 11.6 Å². The normalized spacial score (nSPS) is 15.3. The van der Waals surface area contributed by atoms with E-state index in [1.807, 2.05) is 12.1 Å². The molecule has 0 fully saturated rings. The number of aromatic nitrogens is 2. The molecule has 0 bridgehead atoms. The zero-order valence-corrected chi connectivity index (χ0v) is 13.2. The number of hydrogen-bond donors (Lipinski definition) is 2. The molecule has 0 radical (unpaired) electrons. The third-order valence-corrected chi connectivity index (χ3v) is 5.47. The topological polar surface area (TPSA) is 75.5 Å². The van der Waals surface area contributed by atoms with Gasteiger partial charge < -0.3 is 14.7 Å². The SMILES string of the molecule is C[C@H]([NH2+]Cc1nc2sc3c(c2c(=O)[nH]1)CCC3)c1ccco1. The maximum Gasteiger partial charge on any atom is 0.260 e. The largest absolute Gasteiger partial charge is 0.463 e. The fourth-order valence-electron chi connectivity index (χ4n) is 3.10. The molecule has 6 heteroatoms. The van der Waals surface area contributed by atoms with Gasteiger partial charge in [0.1, 0.15) is 17.4 Å². The van der Waals surface area contributed by atoms with Crippen LogP contribution in [0.3, 0.4) is 0 Å². The van der Waals surface area contributed by atoms with Crippen molar-refractivity contribution in [3.63, 3.8) is 0 Å². The summed E-state index contributed by atoms with van der Waals surface area (Å²) in [6, 6.07) is 4.05. The summed E-state index contributed by atoms with van der Waals surface area (Å²) in [5, 5.41) is 2.94. The summed E-state index contributed by atoms with van der Waals surface area (Å²) < 4.78 is 5.40. The molecule has 3 heterocycles. The second-order valence-corrected chi connectivity index (χ2v) is 6.88. The van der Waals surface area contributed by atoms with Gasteiger partial charge in [0, 0.05) is 4.88 Å². The molecule has 0 amide bonds. The van der Waals surface area contributed by atoms with Gasteiger partial charge in [-0.25, -0.2) is 4.98 Å². The minimum absolute atomic E-state index is 0.0125. The van der Waals surface area contributed by atoms with E-state index in [0.29, 0.717) is 6.54 Å². The third kappa shape index (κ3) is 2.28. The zero-order chi connectivity index (χ0) is 15.1. The van der Waals surface area contributed by atoms with Crippen LogP contribution in [0.15, 0.2) is 27.6 Å². The number of furan rings is 1. The van der Waals surface area contributed by atoms with Crippen LogP contribution in [0.5, 0.6) is 0 Å². The van der Waals surface area contributed by atoms with Crippen molar-refractivity contribution in [2.75, 3.05) is 0 Å². The van der Waals surface area contributed by atoms with E-state index in [1.165, 1.54) is 10.4 Å². The summed E-state index contributed by atoms with van der Waals surface area (Å²) in [6.07, 6.45) is 4.94. The van der Waals surface area contributed by atoms with Crippen LogP contribution in [0.25, 0.3) is 10.2 Å². The first-order valence-electron chi connectivity index (χ1n) is 7.62. The Balaban J connectivity index is 1.59.